The number of nitrogens with one attached hydrogen (secondary N) is 1. The molecule has 2 aliphatic heterocycles. The minimum absolute atomic E-state index is 0.0683. The Hall–Kier alpha value is -0.650. The maximum Gasteiger partial charge on any atom is 0.229 e. The third kappa shape index (κ3) is 4.18. The first-order chi connectivity index (χ1) is 9.74. The molecule has 0 saturated carbocycles. The van der Waals surface area contributed by atoms with Gasteiger partial charge in [-0.3, -0.25) is 4.79 Å². The summed E-state index contributed by atoms with van der Waals surface area (Å²) in [5, 5.41) is 3.44. The van der Waals surface area contributed by atoms with Gasteiger partial charge in [0.1, 0.15) is 0 Å². The molecule has 0 aromatic carbocycles. The summed E-state index contributed by atoms with van der Waals surface area (Å²) in [7, 11) is 0. The van der Waals surface area contributed by atoms with Gasteiger partial charge in [-0.1, -0.05) is 6.92 Å². The van der Waals surface area contributed by atoms with E-state index in [0.717, 1.165) is 13.0 Å². The molecule has 5 heteroatoms. The molecule has 2 rings (SSSR count). The first-order valence-electron chi connectivity index (χ1n) is 8.04. The van der Waals surface area contributed by atoms with Crippen LogP contribution in [-0.2, 0) is 14.3 Å². The summed E-state index contributed by atoms with van der Waals surface area (Å²) < 4.78 is 11.6. The smallest absolute Gasteiger partial charge is 0.229 e. The van der Waals surface area contributed by atoms with E-state index in [1.165, 1.54) is 0 Å². The summed E-state index contributed by atoms with van der Waals surface area (Å²) in [5.74, 6) is 0.131. The number of hydrogen-bond acceptors (Lipinski definition) is 4. The molecule has 2 aliphatic rings. The number of carbonyl (C=O) groups is 1. The molecule has 0 bridgehead atoms. The molecule has 0 spiro atoms. The van der Waals surface area contributed by atoms with E-state index in [4.69, 9.17) is 9.47 Å². The zero-order valence-corrected chi connectivity index (χ0v) is 14.1. The average Bonchev–Trinajstić information content (AvgIpc) is 2.79. The van der Waals surface area contributed by atoms with Gasteiger partial charge in [0.2, 0.25) is 5.91 Å². The van der Waals surface area contributed by atoms with Crippen molar-refractivity contribution in [3.63, 3.8) is 0 Å². The largest absolute Gasteiger partial charge is 0.379 e. The number of amides is 1. The van der Waals surface area contributed by atoms with Crippen molar-refractivity contribution < 1.29 is 14.3 Å². The molecule has 0 aromatic heterocycles. The fourth-order valence-corrected chi connectivity index (χ4v) is 3.51. The van der Waals surface area contributed by atoms with Crippen molar-refractivity contribution in [2.45, 2.75) is 58.3 Å². The van der Waals surface area contributed by atoms with E-state index >= 15 is 0 Å². The highest BCUT2D eigenvalue weighted by molar-refractivity contribution is 5.80. The average molecular weight is 298 g/mol. The van der Waals surface area contributed by atoms with Crippen LogP contribution in [0.1, 0.15) is 41.0 Å². The number of ether oxygens (including phenoxy) is 2. The van der Waals surface area contributed by atoms with Gasteiger partial charge >= 0.3 is 0 Å². The molecule has 1 N–H and O–H groups in total. The van der Waals surface area contributed by atoms with Crippen LogP contribution >= 0.6 is 0 Å². The molecule has 0 aliphatic carbocycles. The molecule has 2 heterocycles. The maximum atomic E-state index is 12.9. The second-order valence-electron chi connectivity index (χ2n) is 7.52. The Morgan fingerprint density at radius 3 is 2.38 bits per heavy atom. The van der Waals surface area contributed by atoms with Crippen molar-refractivity contribution in [3.8, 4) is 0 Å². The van der Waals surface area contributed by atoms with Gasteiger partial charge < -0.3 is 19.7 Å². The topological polar surface area (TPSA) is 50.8 Å². The normalized spacial score (nSPS) is 31.4. The second kappa shape index (κ2) is 6.23. The predicted octanol–water partition coefficient (Wildman–Crippen LogP) is 1.42. The molecule has 5 nitrogen and oxygen atoms in total. The molecule has 0 radical (unpaired) electrons. The van der Waals surface area contributed by atoms with E-state index in [1.807, 2.05) is 32.6 Å². The zero-order valence-electron chi connectivity index (χ0n) is 14.1. The minimum atomic E-state index is -0.302. The SMILES string of the molecule is CCCNC1COCC1C(=O)N1CC(C)(C)OC(C)(C)C1. The number of rotatable bonds is 4. The van der Waals surface area contributed by atoms with Crippen LogP contribution in [0.25, 0.3) is 0 Å². The van der Waals surface area contributed by atoms with Crippen LogP contribution < -0.4 is 5.32 Å². The number of nitrogens with zero attached hydrogens (tertiary/aromatic N) is 1. The number of hydrogen-bond donors (Lipinski definition) is 1. The third-order valence-corrected chi connectivity index (χ3v) is 4.06. The standard InChI is InChI=1S/C16H30N2O3/c1-6-7-17-13-9-20-8-12(13)14(19)18-10-15(2,3)21-16(4,5)11-18/h12-13,17H,6-11H2,1-5H3. The van der Waals surface area contributed by atoms with Gasteiger partial charge in [0.25, 0.3) is 0 Å². The van der Waals surface area contributed by atoms with Crippen molar-refractivity contribution in [2.24, 2.45) is 5.92 Å². The Bertz CT molecular complexity index is 366. The van der Waals surface area contributed by atoms with E-state index in [2.05, 4.69) is 12.2 Å². The van der Waals surface area contributed by atoms with Crippen LogP contribution in [0, 0.1) is 5.92 Å². The molecule has 1 amide bonds. The van der Waals surface area contributed by atoms with Crippen LogP contribution in [0.2, 0.25) is 0 Å². The van der Waals surface area contributed by atoms with E-state index < -0.39 is 0 Å². The summed E-state index contributed by atoms with van der Waals surface area (Å²) in [5.41, 5.74) is -0.605. The van der Waals surface area contributed by atoms with Gasteiger partial charge in [0.15, 0.2) is 0 Å². The van der Waals surface area contributed by atoms with E-state index in [0.29, 0.717) is 26.3 Å². The predicted molar refractivity (Wildman–Crippen MR) is 82.2 cm³/mol. The summed E-state index contributed by atoms with van der Waals surface area (Å²) in [6, 6.07) is 0.145. The Morgan fingerprint density at radius 2 is 1.81 bits per heavy atom. The van der Waals surface area contributed by atoms with Gasteiger partial charge in [0.05, 0.1) is 30.3 Å². The lowest BCUT2D eigenvalue weighted by atomic mass is 9.95. The van der Waals surface area contributed by atoms with E-state index in [9.17, 15) is 4.79 Å². The summed E-state index contributed by atoms with van der Waals surface area (Å²) in [6.07, 6.45) is 1.06. The monoisotopic (exact) mass is 298 g/mol. The van der Waals surface area contributed by atoms with Crippen LogP contribution in [0.4, 0.5) is 0 Å². The third-order valence-electron chi connectivity index (χ3n) is 4.06. The minimum Gasteiger partial charge on any atom is -0.379 e. The first-order valence-corrected chi connectivity index (χ1v) is 8.04. The van der Waals surface area contributed by atoms with Crippen molar-refractivity contribution in [1.82, 2.24) is 10.2 Å². The summed E-state index contributed by atoms with van der Waals surface area (Å²) in [4.78, 5) is 14.9. The Labute approximate surface area is 128 Å². The maximum absolute atomic E-state index is 12.9. The second-order valence-corrected chi connectivity index (χ2v) is 7.52. The lowest BCUT2D eigenvalue weighted by molar-refractivity contribution is -0.190. The highest BCUT2D eigenvalue weighted by atomic mass is 16.5. The molecule has 21 heavy (non-hydrogen) atoms. The van der Waals surface area contributed by atoms with Crippen molar-refractivity contribution >= 4 is 5.91 Å². The van der Waals surface area contributed by atoms with Gasteiger partial charge in [-0.05, 0) is 40.7 Å². The lowest BCUT2D eigenvalue weighted by Gasteiger charge is -2.47. The van der Waals surface area contributed by atoms with Crippen molar-refractivity contribution in [2.75, 3.05) is 32.8 Å². The molecule has 2 unspecified atom stereocenters. The molecular weight excluding hydrogens is 268 g/mol. The van der Waals surface area contributed by atoms with Gasteiger partial charge in [-0.25, -0.2) is 0 Å². The van der Waals surface area contributed by atoms with Crippen LogP contribution in [0.15, 0.2) is 0 Å². The van der Waals surface area contributed by atoms with Crippen molar-refractivity contribution in [1.29, 1.82) is 0 Å². The fourth-order valence-electron chi connectivity index (χ4n) is 3.51. The van der Waals surface area contributed by atoms with Crippen LogP contribution in [0.3, 0.4) is 0 Å². The fraction of sp³-hybridized carbons (Fsp3) is 0.938. The highest BCUT2D eigenvalue weighted by Gasteiger charge is 2.44. The Morgan fingerprint density at radius 1 is 1.19 bits per heavy atom. The molecular formula is C16H30N2O3. The Kier molecular flexibility index (Phi) is 4.96. The summed E-state index contributed by atoms with van der Waals surface area (Å²) >= 11 is 0. The van der Waals surface area contributed by atoms with Gasteiger partial charge in [0, 0.05) is 19.1 Å². The first kappa shape index (κ1) is 16.7. The lowest BCUT2D eigenvalue weighted by Crippen LogP contribution is -2.60. The molecule has 2 atom stereocenters. The molecule has 122 valence electrons. The summed E-state index contributed by atoms with van der Waals surface area (Å²) in [6.45, 7) is 13.7. The van der Waals surface area contributed by atoms with Crippen LogP contribution in [-0.4, -0.2) is 60.9 Å². The quantitative estimate of drug-likeness (QED) is 0.853. The van der Waals surface area contributed by atoms with Crippen molar-refractivity contribution in [3.05, 3.63) is 0 Å². The van der Waals surface area contributed by atoms with Gasteiger partial charge in [-0.2, -0.15) is 0 Å². The van der Waals surface area contributed by atoms with Crippen LogP contribution in [0.5, 0.6) is 0 Å². The van der Waals surface area contributed by atoms with E-state index in [1.54, 1.807) is 0 Å². The van der Waals surface area contributed by atoms with Gasteiger partial charge in [-0.15, -0.1) is 0 Å². The molecule has 2 saturated heterocycles. The Balaban J connectivity index is 2.04. The molecule has 0 aromatic rings. The van der Waals surface area contributed by atoms with E-state index in [-0.39, 0.29) is 29.1 Å². The highest BCUT2D eigenvalue weighted by Crippen LogP contribution is 2.30. The molecule has 2 fully saturated rings. The zero-order chi connectivity index (χ0) is 15.7. The number of carbonyl (C=O) groups excluding carboxylic acids is 1. The number of morpholine rings is 1.